The minimum atomic E-state index is -0.983. The first kappa shape index (κ1) is 23.8. The van der Waals surface area contributed by atoms with Gasteiger partial charge in [-0.25, -0.2) is 0 Å². The van der Waals surface area contributed by atoms with Crippen molar-refractivity contribution in [3.05, 3.63) is 58.3 Å². The number of likely N-dealkylation sites (N-methyl/N-ethyl adjacent to an activating group) is 1. The zero-order chi connectivity index (χ0) is 26.7. The summed E-state index contributed by atoms with van der Waals surface area (Å²) in [6.07, 6.45) is 4.41. The first-order valence-electron chi connectivity index (χ1n) is 14.3. The van der Waals surface area contributed by atoms with Crippen molar-refractivity contribution in [3.8, 4) is 11.5 Å². The number of aromatic amines is 1. The van der Waals surface area contributed by atoms with Crippen LogP contribution in [0.3, 0.4) is 0 Å². The summed E-state index contributed by atoms with van der Waals surface area (Å²) in [6.45, 7) is 3.16. The highest BCUT2D eigenvalue weighted by Crippen LogP contribution is 2.69. The summed E-state index contributed by atoms with van der Waals surface area (Å²) in [5.41, 5.74) is 11.2. The fourth-order valence-electron chi connectivity index (χ4n) is 8.33. The van der Waals surface area contributed by atoms with Crippen molar-refractivity contribution >= 4 is 16.7 Å². The van der Waals surface area contributed by atoms with Gasteiger partial charge in [0.1, 0.15) is 5.84 Å². The first-order valence-corrected chi connectivity index (χ1v) is 14.3. The van der Waals surface area contributed by atoms with Crippen LogP contribution in [0.2, 0.25) is 0 Å². The summed E-state index contributed by atoms with van der Waals surface area (Å²) in [6, 6.07) is 10.3. The lowest BCUT2D eigenvalue weighted by Gasteiger charge is -2.62. The van der Waals surface area contributed by atoms with Crippen molar-refractivity contribution in [2.75, 3.05) is 33.7 Å². The maximum absolute atomic E-state index is 13.0. The lowest BCUT2D eigenvalue weighted by atomic mass is 9.49. The van der Waals surface area contributed by atoms with E-state index >= 15 is 0 Å². The molecule has 204 valence electrons. The molecule has 1 spiro atoms. The van der Waals surface area contributed by atoms with Crippen molar-refractivity contribution in [1.29, 1.82) is 0 Å². The van der Waals surface area contributed by atoms with E-state index in [1.807, 2.05) is 19.0 Å². The maximum Gasteiger partial charge on any atom is 0.166 e. The number of piperidine rings is 1. The van der Waals surface area contributed by atoms with E-state index in [4.69, 9.17) is 10.5 Å². The maximum atomic E-state index is 13.0. The number of aliphatic imine (C=N–C) groups is 1. The molecule has 2 fully saturated rings. The van der Waals surface area contributed by atoms with Crippen LogP contribution in [-0.4, -0.2) is 76.2 Å². The Balaban J connectivity index is 1.27. The van der Waals surface area contributed by atoms with Crippen molar-refractivity contribution in [2.24, 2.45) is 16.6 Å². The van der Waals surface area contributed by atoms with E-state index in [1.54, 1.807) is 6.07 Å². The normalized spacial score (nSPS) is 30.9. The monoisotopic (exact) mass is 527 g/mol. The number of hydrogen-bond donors (Lipinski definition) is 4. The molecule has 2 aromatic carbocycles. The number of aromatic nitrogens is 1. The van der Waals surface area contributed by atoms with Crippen molar-refractivity contribution < 1.29 is 14.9 Å². The number of nitrogens with one attached hydrogen (secondary N) is 1. The van der Waals surface area contributed by atoms with E-state index in [-0.39, 0.29) is 17.9 Å². The predicted octanol–water partition coefficient (Wildman–Crippen LogP) is 2.99. The smallest absolute Gasteiger partial charge is 0.166 e. The van der Waals surface area contributed by atoms with Gasteiger partial charge >= 0.3 is 0 Å². The number of aromatic hydroxyl groups is 1. The number of nitrogens with zero attached hydrogens (tertiary/aromatic N) is 3. The first-order chi connectivity index (χ1) is 18.8. The molecule has 8 rings (SSSR count). The van der Waals surface area contributed by atoms with E-state index in [0.717, 1.165) is 65.1 Å². The Bertz CT molecular complexity index is 1540. The minimum absolute atomic E-state index is 0.0256. The third-order valence-corrected chi connectivity index (χ3v) is 10.2. The van der Waals surface area contributed by atoms with Crippen LogP contribution >= 0.6 is 0 Å². The molecule has 2 aliphatic heterocycles. The van der Waals surface area contributed by atoms with E-state index in [0.29, 0.717) is 31.1 Å². The molecule has 1 saturated carbocycles. The van der Waals surface area contributed by atoms with Crippen LogP contribution in [-0.2, 0) is 24.8 Å². The largest absolute Gasteiger partial charge is 0.504 e. The highest BCUT2D eigenvalue weighted by molar-refractivity contribution is 5.87. The molecule has 8 heteroatoms. The second kappa shape index (κ2) is 7.99. The number of aliphatic hydroxyl groups is 1. The number of amidine groups is 1. The Morgan fingerprint density at radius 2 is 2.10 bits per heavy atom. The summed E-state index contributed by atoms with van der Waals surface area (Å²) in [5, 5.41) is 25.0. The third-order valence-electron chi connectivity index (χ3n) is 10.2. The second-order valence-corrected chi connectivity index (χ2v) is 12.9. The molecule has 0 radical (unpaired) electrons. The van der Waals surface area contributed by atoms with Crippen LogP contribution in [0.25, 0.3) is 10.9 Å². The zero-order valence-corrected chi connectivity index (χ0v) is 22.7. The molecular formula is C31H37N5O3. The van der Waals surface area contributed by atoms with Gasteiger partial charge in [-0.15, -0.1) is 0 Å². The van der Waals surface area contributed by atoms with Crippen molar-refractivity contribution in [3.63, 3.8) is 0 Å². The molecule has 0 unspecified atom stereocenters. The zero-order valence-electron chi connectivity index (χ0n) is 22.7. The van der Waals surface area contributed by atoms with Gasteiger partial charge < -0.3 is 30.6 Å². The van der Waals surface area contributed by atoms with E-state index in [2.05, 4.69) is 39.1 Å². The summed E-state index contributed by atoms with van der Waals surface area (Å²) < 4.78 is 6.70. The number of phenols is 1. The number of H-pyrrole nitrogens is 1. The summed E-state index contributed by atoms with van der Waals surface area (Å²) in [4.78, 5) is 12.9. The molecule has 1 aromatic heterocycles. The number of ether oxygens (including phenoxy) is 1. The van der Waals surface area contributed by atoms with Gasteiger partial charge in [-0.1, -0.05) is 12.1 Å². The lowest BCUT2D eigenvalue weighted by Crippen LogP contribution is -2.74. The van der Waals surface area contributed by atoms with Crippen LogP contribution in [0, 0.1) is 5.92 Å². The van der Waals surface area contributed by atoms with Gasteiger partial charge in [-0.05, 0) is 87.1 Å². The Labute approximate surface area is 228 Å². The quantitative estimate of drug-likeness (QED) is 0.290. The van der Waals surface area contributed by atoms with Gasteiger partial charge in [0.15, 0.2) is 17.6 Å². The second-order valence-electron chi connectivity index (χ2n) is 12.9. The number of likely N-dealkylation sites (tertiary alicyclic amines) is 1. The minimum Gasteiger partial charge on any atom is -0.504 e. The number of hydrogen-bond acceptors (Lipinski definition) is 6. The molecule has 3 aromatic rings. The molecule has 5 N–H and O–H groups in total. The summed E-state index contributed by atoms with van der Waals surface area (Å²) >= 11 is 0. The fraction of sp³-hybridized carbons (Fsp3) is 0.516. The van der Waals surface area contributed by atoms with E-state index < -0.39 is 11.0 Å². The van der Waals surface area contributed by atoms with Gasteiger partial charge in [0.05, 0.1) is 29.8 Å². The van der Waals surface area contributed by atoms with E-state index in [9.17, 15) is 10.2 Å². The number of phenolic OH excluding ortho intramolecular Hbond substituents is 1. The number of benzene rings is 2. The van der Waals surface area contributed by atoms with Gasteiger partial charge in [0.25, 0.3) is 0 Å². The predicted molar refractivity (Wildman–Crippen MR) is 150 cm³/mol. The van der Waals surface area contributed by atoms with Gasteiger partial charge in [-0.3, -0.25) is 9.89 Å². The Morgan fingerprint density at radius 1 is 1.26 bits per heavy atom. The molecule has 2 bridgehead atoms. The molecule has 8 nitrogen and oxygen atoms in total. The van der Waals surface area contributed by atoms with Crippen LogP contribution in [0.15, 0.2) is 35.3 Å². The highest BCUT2D eigenvalue weighted by atomic mass is 16.5. The van der Waals surface area contributed by atoms with Crippen LogP contribution in [0.4, 0.5) is 0 Å². The molecule has 0 amide bonds. The highest BCUT2D eigenvalue weighted by Gasteiger charge is 2.72. The molecule has 4 atom stereocenters. The number of rotatable bonds is 6. The summed E-state index contributed by atoms with van der Waals surface area (Å²) in [5.74, 6) is 2.12. The third kappa shape index (κ3) is 3.19. The molecule has 3 aliphatic carbocycles. The lowest BCUT2D eigenvalue weighted by molar-refractivity contribution is -0.173. The Hall–Kier alpha value is -3.07. The van der Waals surface area contributed by atoms with Gasteiger partial charge in [0, 0.05) is 35.5 Å². The summed E-state index contributed by atoms with van der Waals surface area (Å²) in [7, 11) is 3.97. The fourth-order valence-corrected chi connectivity index (χ4v) is 8.33. The molecular weight excluding hydrogens is 490 g/mol. The van der Waals surface area contributed by atoms with Gasteiger partial charge in [0.2, 0.25) is 0 Å². The van der Waals surface area contributed by atoms with Crippen molar-refractivity contribution in [2.45, 2.75) is 61.8 Å². The van der Waals surface area contributed by atoms with Crippen LogP contribution in [0.5, 0.6) is 11.5 Å². The average Bonchev–Trinajstić information content (AvgIpc) is 3.54. The van der Waals surface area contributed by atoms with Crippen LogP contribution in [0.1, 0.15) is 53.3 Å². The van der Waals surface area contributed by atoms with Crippen LogP contribution < -0.4 is 10.5 Å². The topological polar surface area (TPSA) is 110 Å². The number of nitrogens with two attached hydrogens (primary N) is 1. The molecule has 3 heterocycles. The molecule has 1 saturated heterocycles. The van der Waals surface area contributed by atoms with Crippen molar-refractivity contribution in [1.82, 2.24) is 14.8 Å². The Morgan fingerprint density at radius 3 is 2.90 bits per heavy atom. The molecule has 5 aliphatic rings. The standard InChI is InChI=1S/C31H37N5O3/c1-35(2)16-25(32)33-14-18-5-7-22-20(11-18)21-13-31(38)24-12-19-6-8-23(37)28-26(19)30(31,29(39-28)27(21)34-22)9-10-36(24)15-17-3-4-17/h5-8,11,17,24,29,34,37-38H,3-4,9-10,12-16H2,1-2H3,(H2,32,33)/t24-,29+,30+,31-/m1/s1. The van der Waals surface area contributed by atoms with E-state index in [1.165, 1.54) is 18.4 Å². The molecule has 39 heavy (non-hydrogen) atoms. The van der Waals surface area contributed by atoms with Gasteiger partial charge in [-0.2, -0.15) is 0 Å². The Kier molecular flexibility index (Phi) is 4.87. The number of fused-ring (bicyclic) bond motifs is 4. The SMILES string of the molecule is CN(C)CC(N)=NCc1ccc2[nH]c3c(c2c1)C[C@@]1(O)[C@H]2Cc4ccc(O)c5c4[C@@]1(CCN2CC1CC1)[C@H]3O5. The average molecular weight is 528 g/mol.